The van der Waals surface area contributed by atoms with Gasteiger partial charge in [-0.15, -0.1) is 11.3 Å². The number of unbranched alkanes of at least 4 members (excludes halogenated alkanes) is 1. The summed E-state index contributed by atoms with van der Waals surface area (Å²) >= 11 is 1.49. The predicted molar refractivity (Wildman–Crippen MR) is 93.9 cm³/mol. The van der Waals surface area contributed by atoms with Gasteiger partial charge in [-0.1, -0.05) is 43.7 Å². The molecule has 4 amide bonds. The summed E-state index contributed by atoms with van der Waals surface area (Å²) in [6.07, 6.45) is 2.24. The lowest BCUT2D eigenvalue weighted by Gasteiger charge is -2.14. The zero-order valence-electron chi connectivity index (χ0n) is 14.0. The van der Waals surface area contributed by atoms with E-state index in [0.29, 0.717) is 18.5 Å². The van der Waals surface area contributed by atoms with E-state index in [1.54, 1.807) is 0 Å². The van der Waals surface area contributed by atoms with Gasteiger partial charge in [0.2, 0.25) is 0 Å². The molecule has 1 fully saturated rings. The van der Waals surface area contributed by atoms with Crippen molar-refractivity contribution in [2.24, 2.45) is 0 Å². The fourth-order valence-electron chi connectivity index (χ4n) is 2.64. The third-order valence-corrected chi connectivity index (χ3v) is 4.89. The summed E-state index contributed by atoms with van der Waals surface area (Å²) in [5.74, 6) is -1.50. The van der Waals surface area contributed by atoms with Crippen molar-refractivity contribution in [1.82, 2.24) is 14.8 Å². The third-order valence-electron chi connectivity index (χ3n) is 3.99. The van der Waals surface area contributed by atoms with Crippen LogP contribution in [0.4, 0.5) is 4.79 Å². The van der Waals surface area contributed by atoms with Gasteiger partial charge in [0.25, 0.3) is 0 Å². The summed E-state index contributed by atoms with van der Waals surface area (Å²) in [5.41, 5.74) is 1.78. The molecule has 0 saturated carbocycles. The molecule has 0 atom stereocenters. The van der Waals surface area contributed by atoms with E-state index in [4.69, 9.17) is 0 Å². The van der Waals surface area contributed by atoms with Crippen LogP contribution in [0.2, 0.25) is 0 Å². The molecule has 130 valence electrons. The lowest BCUT2D eigenvalue weighted by molar-refractivity contribution is -0.143. The predicted octanol–water partition coefficient (Wildman–Crippen LogP) is 2.82. The maximum atomic E-state index is 12.3. The van der Waals surface area contributed by atoms with Gasteiger partial charge in [-0.05, 0) is 12.0 Å². The van der Waals surface area contributed by atoms with Gasteiger partial charge in [0, 0.05) is 18.3 Å². The highest BCUT2D eigenvalue weighted by Gasteiger charge is 2.44. The Morgan fingerprint density at radius 2 is 1.76 bits per heavy atom. The van der Waals surface area contributed by atoms with Crippen molar-refractivity contribution in [1.29, 1.82) is 0 Å². The Morgan fingerprint density at radius 1 is 1.04 bits per heavy atom. The maximum absolute atomic E-state index is 12.3. The Hall–Kier alpha value is -2.54. The number of carbonyl (C=O) groups excluding carboxylic acids is 3. The molecule has 1 saturated heterocycles. The van der Waals surface area contributed by atoms with Gasteiger partial charge in [0.15, 0.2) is 0 Å². The maximum Gasteiger partial charge on any atom is 0.334 e. The van der Waals surface area contributed by atoms with Crippen LogP contribution in [0, 0.1) is 0 Å². The summed E-state index contributed by atoms with van der Waals surface area (Å²) in [6.45, 7) is 2.29. The third kappa shape index (κ3) is 3.76. The molecule has 1 aliphatic rings. The quantitative estimate of drug-likeness (QED) is 0.564. The van der Waals surface area contributed by atoms with Gasteiger partial charge in [-0.25, -0.2) is 14.7 Å². The Morgan fingerprint density at radius 3 is 2.48 bits per heavy atom. The normalized spacial score (nSPS) is 14.7. The summed E-state index contributed by atoms with van der Waals surface area (Å²) in [6, 6.07) is 9.42. The van der Waals surface area contributed by atoms with Gasteiger partial charge >= 0.3 is 17.8 Å². The Kier molecular flexibility index (Phi) is 5.23. The summed E-state index contributed by atoms with van der Waals surface area (Å²) in [7, 11) is 0. The van der Waals surface area contributed by atoms with Gasteiger partial charge in [0.1, 0.15) is 0 Å². The van der Waals surface area contributed by atoms with Crippen LogP contribution in [0.5, 0.6) is 0 Å². The van der Waals surface area contributed by atoms with Crippen molar-refractivity contribution in [3.63, 3.8) is 0 Å². The molecule has 2 heterocycles. The highest BCUT2D eigenvalue weighted by atomic mass is 32.1. The molecule has 0 unspecified atom stereocenters. The molecular formula is C18H19N3O3S. The molecule has 0 N–H and O–H groups in total. The number of urea groups is 1. The van der Waals surface area contributed by atoms with Crippen molar-refractivity contribution in [3.05, 3.63) is 52.0 Å². The zero-order valence-corrected chi connectivity index (χ0v) is 14.8. The molecule has 6 nitrogen and oxygen atoms in total. The van der Waals surface area contributed by atoms with E-state index in [-0.39, 0.29) is 13.1 Å². The first kappa shape index (κ1) is 17.3. The lowest BCUT2D eigenvalue weighted by atomic mass is 10.2. The number of amides is 4. The first-order valence-corrected chi connectivity index (χ1v) is 9.12. The van der Waals surface area contributed by atoms with Crippen LogP contribution < -0.4 is 0 Å². The minimum atomic E-state index is -0.765. The molecular weight excluding hydrogens is 338 g/mol. The summed E-state index contributed by atoms with van der Waals surface area (Å²) in [5, 5.41) is 2.74. The monoisotopic (exact) mass is 357 g/mol. The SMILES string of the molecule is CCCCN1C(=O)C(=O)N(Cc2csc(Cc3ccccc3)n2)C1=O. The molecule has 2 aromatic rings. The fourth-order valence-corrected chi connectivity index (χ4v) is 3.46. The van der Waals surface area contributed by atoms with Crippen molar-refractivity contribution in [3.8, 4) is 0 Å². The number of hydrogen-bond donors (Lipinski definition) is 0. The van der Waals surface area contributed by atoms with E-state index in [1.807, 2.05) is 42.6 Å². The molecule has 25 heavy (non-hydrogen) atoms. The van der Waals surface area contributed by atoms with Crippen LogP contribution in [0.3, 0.4) is 0 Å². The highest BCUT2D eigenvalue weighted by molar-refractivity contribution is 7.09. The fraction of sp³-hybridized carbons (Fsp3) is 0.333. The number of carbonyl (C=O) groups is 3. The Bertz CT molecular complexity index is 788. The second-order valence-electron chi connectivity index (χ2n) is 5.88. The van der Waals surface area contributed by atoms with Gasteiger partial charge in [-0.2, -0.15) is 0 Å². The van der Waals surface area contributed by atoms with Crippen LogP contribution in [0.25, 0.3) is 0 Å². The number of hydrogen-bond acceptors (Lipinski definition) is 5. The van der Waals surface area contributed by atoms with Crippen LogP contribution in [-0.2, 0) is 22.6 Å². The second-order valence-corrected chi connectivity index (χ2v) is 6.82. The molecule has 1 aliphatic heterocycles. The van der Waals surface area contributed by atoms with E-state index >= 15 is 0 Å². The molecule has 0 aliphatic carbocycles. The molecule has 1 aromatic carbocycles. The molecule has 7 heteroatoms. The van der Waals surface area contributed by atoms with E-state index in [0.717, 1.165) is 26.8 Å². The first-order chi connectivity index (χ1) is 12.1. The molecule has 0 spiro atoms. The van der Waals surface area contributed by atoms with E-state index in [2.05, 4.69) is 4.98 Å². The number of imide groups is 2. The van der Waals surface area contributed by atoms with E-state index < -0.39 is 17.8 Å². The molecule has 0 bridgehead atoms. The lowest BCUT2D eigenvalue weighted by Crippen LogP contribution is -2.33. The zero-order chi connectivity index (χ0) is 17.8. The van der Waals surface area contributed by atoms with Crippen molar-refractivity contribution < 1.29 is 14.4 Å². The average Bonchev–Trinajstić information content (AvgIpc) is 3.13. The number of aromatic nitrogens is 1. The number of thiazole rings is 1. The highest BCUT2D eigenvalue weighted by Crippen LogP contribution is 2.19. The van der Waals surface area contributed by atoms with Crippen molar-refractivity contribution in [2.45, 2.75) is 32.7 Å². The van der Waals surface area contributed by atoms with Crippen LogP contribution >= 0.6 is 11.3 Å². The van der Waals surface area contributed by atoms with E-state index in [9.17, 15) is 14.4 Å². The number of nitrogens with zero attached hydrogens (tertiary/aromatic N) is 3. The minimum Gasteiger partial charge on any atom is -0.263 e. The molecule has 3 rings (SSSR count). The van der Waals surface area contributed by atoms with E-state index in [1.165, 1.54) is 11.3 Å². The van der Waals surface area contributed by atoms with Gasteiger partial charge in [0.05, 0.1) is 17.2 Å². The largest absolute Gasteiger partial charge is 0.334 e. The van der Waals surface area contributed by atoms with Crippen LogP contribution in [-0.4, -0.2) is 39.2 Å². The topological polar surface area (TPSA) is 70.6 Å². The number of rotatable bonds is 7. The summed E-state index contributed by atoms with van der Waals surface area (Å²) in [4.78, 5) is 42.9. The van der Waals surface area contributed by atoms with Gasteiger partial charge < -0.3 is 0 Å². The van der Waals surface area contributed by atoms with Crippen molar-refractivity contribution in [2.75, 3.05) is 6.54 Å². The Balaban J connectivity index is 1.67. The second kappa shape index (κ2) is 7.57. The molecule has 0 radical (unpaired) electrons. The number of benzene rings is 1. The standard InChI is InChI=1S/C18H19N3O3S/c1-2-3-9-20-16(22)17(23)21(18(20)24)11-14-12-25-15(19-14)10-13-7-5-4-6-8-13/h4-8,12H,2-3,9-11H2,1H3. The van der Waals surface area contributed by atoms with Crippen molar-refractivity contribution >= 4 is 29.2 Å². The minimum absolute atomic E-state index is 0.0390. The average molecular weight is 357 g/mol. The Labute approximate surface area is 150 Å². The van der Waals surface area contributed by atoms with Crippen LogP contribution in [0.1, 0.15) is 36.0 Å². The smallest absolute Gasteiger partial charge is 0.263 e. The van der Waals surface area contributed by atoms with Crippen LogP contribution in [0.15, 0.2) is 35.7 Å². The first-order valence-electron chi connectivity index (χ1n) is 8.24. The molecule has 1 aromatic heterocycles. The summed E-state index contributed by atoms with van der Waals surface area (Å²) < 4.78 is 0. The van der Waals surface area contributed by atoms with Gasteiger partial charge in [-0.3, -0.25) is 14.5 Å².